The standard InChI is InChI=1S/C14H22BrN3/c1-3-17-6-8-18(9-7-17)13-5-4-12(11-16-2)14(15)10-13/h4-5,10,16H,3,6-9,11H2,1-2H3. The third-order valence-corrected chi connectivity index (χ3v) is 4.33. The first-order chi connectivity index (χ1) is 8.74. The first-order valence-corrected chi connectivity index (χ1v) is 7.44. The summed E-state index contributed by atoms with van der Waals surface area (Å²) >= 11 is 3.66. The van der Waals surface area contributed by atoms with Crippen molar-refractivity contribution in [1.29, 1.82) is 0 Å². The maximum Gasteiger partial charge on any atom is 0.0378 e. The summed E-state index contributed by atoms with van der Waals surface area (Å²) < 4.78 is 1.20. The Balaban J connectivity index is 2.03. The van der Waals surface area contributed by atoms with Gasteiger partial charge in [0.25, 0.3) is 0 Å². The highest BCUT2D eigenvalue weighted by Crippen LogP contribution is 2.25. The summed E-state index contributed by atoms with van der Waals surface area (Å²) in [5.74, 6) is 0. The Hall–Kier alpha value is -0.580. The van der Waals surface area contributed by atoms with Crippen LogP contribution >= 0.6 is 15.9 Å². The van der Waals surface area contributed by atoms with Gasteiger partial charge in [-0.3, -0.25) is 0 Å². The average molecular weight is 312 g/mol. The number of hydrogen-bond acceptors (Lipinski definition) is 3. The Morgan fingerprint density at radius 1 is 1.22 bits per heavy atom. The quantitative estimate of drug-likeness (QED) is 0.920. The van der Waals surface area contributed by atoms with Crippen molar-refractivity contribution in [2.45, 2.75) is 13.5 Å². The lowest BCUT2D eigenvalue weighted by molar-refractivity contribution is 0.271. The van der Waals surface area contributed by atoms with Crippen molar-refractivity contribution < 1.29 is 0 Å². The first-order valence-electron chi connectivity index (χ1n) is 6.65. The van der Waals surface area contributed by atoms with Crippen LogP contribution in [0.4, 0.5) is 5.69 Å². The number of rotatable bonds is 4. The predicted octanol–water partition coefficient (Wildman–Crippen LogP) is 2.31. The Labute approximate surface area is 118 Å². The topological polar surface area (TPSA) is 18.5 Å². The van der Waals surface area contributed by atoms with E-state index in [-0.39, 0.29) is 0 Å². The highest BCUT2D eigenvalue weighted by molar-refractivity contribution is 9.10. The monoisotopic (exact) mass is 311 g/mol. The summed E-state index contributed by atoms with van der Waals surface area (Å²) in [4.78, 5) is 4.97. The van der Waals surface area contributed by atoms with Crippen molar-refractivity contribution >= 4 is 21.6 Å². The maximum absolute atomic E-state index is 3.66. The van der Waals surface area contributed by atoms with Crippen molar-refractivity contribution in [1.82, 2.24) is 10.2 Å². The number of nitrogens with zero attached hydrogens (tertiary/aromatic N) is 2. The largest absolute Gasteiger partial charge is 0.369 e. The van der Waals surface area contributed by atoms with E-state index in [1.54, 1.807) is 0 Å². The fourth-order valence-electron chi connectivity index (χ4n) is 2.39. The summed E-state index contributed by atoms with van der Waals surface area (Å²) in [6.45, 7) is 8.91. The van der Waals surface area contributed by atoms with Crippen LogP contribution in [-0.4, -0.2) is 44.7 Å². The van der Waals surface area contributed by atoms with Crippen LogP contribution in [0.1, 0.15) is 12.5 Å². The van der Waals surface area contributed by atoms with E-state index in [9.17, 15) is 0 Å². The SMILES string of the molecule is CCN1CCN(c2ccc(CNC)c(Br)c2)CC1. The smallest absolute Gasteiger partial charge is 0.0378 e. The van der Waals surface area contributed by atoms with E-state index in [0.717, 1.165) is 19.6 Å². The molecule has 0 radical (unpaired) electrons. The zero-order valence-electron chi connectivity index (χ0n) is 11.2. The lowest BCUT2D eigenvalue weighted by Gasteiger charge is -2.35. The van der Waals surface area contributed by atoms with Gasteiger partial charge in [0, 0.05) is 42.9 Å². The minimum atomic E-state index is 0.907. The lowest BCUT2D eigenvalue weighted by atomic mass is 10.1. The minimum absolute atomic E-state index is 0.907. The van der Waals surface area contributed by atoms with E-state index < -0.39 is 0 Å². The molecular formula is C14H22BrN3. The number of halogens is 1. The molecule has 3 nitrogen and oxygen atoms in total. The molecule has 0 unspecified atom stereocenters. The summed E-state index contributed by atoms with van der Waals surface area (Å²) in [5, 5.41) is 3.19. The molecule has 4 heteroatoms. The van der Waals surface area contributed by atoms with Crippen LogP contribution in [-0.2, 0) is 6.54 Å². The Bertz CT molecular complexity index is 387. The maximum atomic E-state index is 3.66. The van der Waals surface area contributed by atoms with Crippen molar-refractivity contribution in [3.05, 3.63) is 28.2 Å². The van der Waals surface area contributed by atoms with Gasteiger partial charge in [0.1, 0.15) is 0 Å². The molecule has 1 aliphatic rings. The molecule has 100 valence electrons. The van der Waals surface area contributed by atoms with Crippen molar-refractivity contribution in [3.8, 4) is 0 Å². The molecule has 0 saturated carbocycles. The predicted molar refractivity (Wildman–Crippen MR) is 81.2 cm³/mol. The fraction of sp³-hybridized carbons (Fsp3) is 0.571. The molecule has 1 aromatic rings. The van der Waals surface area contributed by atoms with Crippen molar-refractivity contribution in [2.75, 3.05) is 44.7 Å². The minimum Gasteiger partial charge on any atom is -0.369 e. The Morgan fingerprint density at radius 3 is 2.50 bits per heavy atom. The van der Waals surface area contributed by atoms with E-state index in [1.165, 1.54) is 35.4 Å². The van der Waals surface area contributed by atoms with E-state index in [0.29, 0.717) is 0 Å². The summed E-state index contributed by atoms with van der Waals surface area (Å²) in [5.41, 5.74) is 2.64. The number of anilines is 1. The molecule has 18 heavy (non-hydrogen) atoms. The van der Waals surface area contributed by atoms with Crippen LogP contribution in [0.15, 0.2) is 22.7 Å². The molecule has 0 atom stereocenters. The van der Waals surface area contributed by atoms with Gasteiger partial charge >= 0.3 is 0 Å². The molecule has 0 amide bonds. The molecule has 0 bridgehead atoms. The number of nitrogens with one attached hydrogen (secondary N) is 1. The van der Waals surface area contributed by atoms with Crippen molar-refractivity contribution in [2.24, 2.45) is 0 Å². The average Bonchev–Trinajstić information content (AvgIpc) is 2.41. The number of hydrogen-bond donors (Lipinski definition) is 1. The number of piperazine rings is 1. The molecule has 2 rings (SSSR count). The van der Waals surface area contributed by atoms with Gasteiger partial charge in [-0.15, -0.1) is 0 Å². The molecule has 0 spiro atoms. The number of likely N-dealkylation sites (N-methyl/N-ethyl adjacent to an activating group) is 1. The molecule has 1 saturated heterocycles. The Morgan fingerprint density at radius 2 is 1.94 bits per heavy atom. The zero-order chi connectivity index (χ0) is 13.0. The zero-order valence-corrected chi connectivity index (χ0v) is 12.8. The molecule has 0 aromatic heterocycles. The van der Waals surface area contributed by atoms with E-state index in [1.807, 2.05) is 7.05 Å². The lowest BCUT2D eigenvalue weighted by Crippen LogP contribution is -2.46. The third kappa shape index (κ3) is 3.25. The van der Waals surface area contributed by atoms with Crippen LogP contribution in [0.3, 0.4) is 0 Å². The van der Waals surface area contributed by atoms with Gasteiger partial charge in [0.05, 0.1) is 0 Å². The Kier molecular flexibility index (Phi) is 5.03. The van der Waals surface area contributed by atoms with Gasteiger partial charge in [-0.1, -0.05) is 28.9 Å². The summed E-state index contributed by atoms with van der Waals surface area (Å²) in [7, 11) is 1.98. The second kappa shape index (κ2) is 6.55. The molecule has 0 aliphatic carbocycles. The van der Waals surface area contributed by atoms with Crippen LogP contribution in [0, 0.1) is 0 Å². The molecule has 1 aliphatic heterocycles. The van der Waals surface area contributed by atoms with Gasteiger partial charge in [0.15, 0.2) is 0 Å². The second-order valence-electron chi connectivity index (χ2n) is 4.73. The fourth-order valence-corrected chi connectivity index (χ4v) is 2.90. The first kappa shape index (κ1) is 13.8. The van der Waals surface area contributed by atoms with Crippen LogP contribution < -0.4 is 10.2 Å². The van der Waals surface area contributed by atoms with E-state index in [2.05, 4.69) is 56.2 Å². The van der Waals surface area contributed by atoms with E-state index in [4.69, 9.17) is 0 Å². The van der Waals surface area contributed by atoms with Gasteiger partial charge in [-0.25, -0.2) is 0 Å². The number of benzene rings is 1. The van der Waals surface area contributed by atoms with Gasteiger partial charge < -0.3 is 15.1 Å². The van der Waals surface area contributed by atoms with Crippen LogP contribution in [0.25, 0.3) is 0 Å². The van der Waals surface area contributed by atoms with E-state index >= 15 is 0 Å². The molecule has 1 N–H and O–H groups in total. The normalized spacial score (nSPS) is 17.2. The van der Waals surface area contributed by atoms with Crippen molar-refractivity contribution in [3.63, 3.8) is 0 Å². The van der Waals surface area contributed by atoms with Gasteiger partial charge in [-0.2, -0.15) is 0 Å². The van der Waals surface area contributed by atoms with Crippen LogP contribution in [0.5, 0.6) is 0 Å². The molecule has 1 aromatic carbocycles. The van der Waals surface area contributed by atoms with Crippen LogP contribution in [0.2, 0.25) is 0 Å². The molecule has 1 fully saturated rings. The van der Waals surface area contributed by atoms with Gasteiger partial charge in [-0.05, 0) is 31.3 Å². The molecular weight excluding hydrogens is 290 g/mol. The highest BCUT2D eigenvalue weighted by atomic mass is 79.9. The van der Waals surface area contributed by atoms with Gasteiger partial charge in [0.2, 0.25) is 0 Å². The summed E-state index contributed by atoms with van der Waals surface area (Å²) in [6.07, 6.45) is 0. The summed E-state index contributed by atoms with van der Waals surface area (Å²) in [6, 6.07) is 6.69. The third-order valence-electron chi connectivity index (χ3n) is 3.59. The molecule has 1 heterocycles. The highest BCUT2D eigenvalue weighted by Gasteiger charge is 2.16. The second-order valence-corrected chi connectivity index (χ2v) is 5.58.